The Morgan fingerprint density at radius 2 is 2.06 bits per heavy atom. The number of piperazine rings is 1. The zero-order chi connectivity index (χ0) is 13.0. The third-order valence-corrected chi connectivity index (χ3v) is 3.74. The van der Waals surface area contributed by atoms with Gasteiger partial charge in [-0.2, -0.15) is 0 Å². The van der Waals surface area contributed by atoms with Gasteiger partial charge < -0.3 is 5.32 Å². The van der Waals surface area contributed by atoms with E-state index in [1.165, 1.54) is 11.1 Å². The molecule has 0 bridgehead atoms. The van der Waals surface area contributed by atoms with E-state index in [1.54, 1.807) is 0 Å². The van der Waals surface area contributed by atoms with Crippen LogP contribution in [0.2, 0.25) is 5.02 Å². The minimum atomic E-state index is 0.360. The molecule has 1 aromatic carbocycles. The molecular weight excluding hydrogens is 244 g/mol. The minimum Gasteiger partial charge on any atom is -0.314 e. The molecule has 1 heterocycles. The third-order valence-electron chi connectivity index (χ3n) is 3.40. The highest BCUT2D eigenvalue weighted by atomic mass is 35.5. The first-order valence-corrected chi connectivity index (χ1v) is 6.90. The summed E-state index contributed by atoms with van der Waals surface area (Å²) in [5, 5.41) is 4.26. The third kappa shape index (κ3) is 3.35. The number of benzene rings is 1. The van der Waals surface area contributed by atoms with Crippen molar-refractivity contribution in [1.82, 2.24) is 10.2 Å². The lowest BCUT2D eigenvalue weighted by atomic mass is 9.98. The number of nitrogens with zero attached hydrogens (tertiary/aromatic N) is 1. The van der Waals surface area contributed by atoms with Crippen LogP contribution in [-0.4, -0.2) is 31.1 Å². The molecule has 0 radical (unpaired) electrons. The van der Waals surface area contributed by atoms with Crippen LogP contribution in [0, 0.1) is 0 Å². The van der Waals surface area contributed by atoms with Crippen molar-refractivity contribution in [2.24, 2.45) is 0 Å². The number of hydrogen-bond acceptors (Lipinski definition) is 2. The molecule has 2 rings (SSSR count). The smallest absolute Gasteiger partial charge is 0.0453 e. The van der Waals surface area contributed by atoms with E-state index in [0.29, 0.717) is 6.04 Å². The Bertz CT molecular complexity index is 411. The van der Waals surface area contributed by atoms with Crippen LogP contribution in [0.1, 0.15) is 24.9 Å². The molecule has 0 unspecified atom stereocenters. The number of nitrogens with one attached hydrogen (secondary N) is 1. The van der Waals surface area contributed by atoms with Gasteiger partial charge in [-0.1, -0.05) is 35.4 Å². The Kier molecular flexibility index (Phi) is 4.81. The number of halogens is 1. The van der Waals surface area contributed by atoms with Crippen molar-refractivity contribution >= 4 is 11.6 Å². The summed E-state index contributed by atoms with van der Waals surface area (Å²) < 4.78 is 0. The molecule has 1 atom stereocenters. The molecule has 1 saturated heterocycles. The summed E-state index contributed by atoms with van der Waals surface area (Å²) in [5.74, 6) is 0. The quantitative estimate of drug-likeness (QED) is 0.840. The lowest BCUT2D eigenvalue weighted by Crippen LogP contribution is -2.45. The van der Waals surface area contributed by atoms with E-state index in [-0.39, 0.29) is 0 Å². The molecule has 0 spiro atoms. The van der Waals surface area contributed by atoms with Gasteiger partial charge in [0.1, 0.15) is 0 Å². The summed E-state index contributed by atoms with van der Waals surface area (Å²) in [6.45, 7) is 10.4. The van der Waals surface area contributed by atoms with E-state index in [1.807, 2.05) is 12.1 Å². The Morgan fingerprint density at radius 1 is 1.39 bits per heavy atom. The maximum atomic E-state index is 6.35. The summed E-state index contributed by atoms with van der Waals surface area (Å²) in [4.78, 5) is 2.51. The summed E-state index contributed by atoms with van der Waals surface area (Å²) >= 11 is 6.35. The molecule has 0 aliphatic carbocycles. The van der Waals surface area contributed by atoms with Gasteiger partial charge in [-0.25, -0.2) is 0 Å². The Labute approximate surface area is 115 Å². The Hall–Kier alpha value is -0.830. The molecule has 98 valence electrons. The summed E-state index contributed by atoms with van der Waals surface area (Å²) in [5.41, 5.74) is 2.43. The fraction of sp³-hybridized carbons (Fsp3) is 0.467. The van der Waals surface area contributed by atoms with Gasteiger partial charge in [-0.05, 0) is 25.0 Å². The summed E-state index contributed by atoms with van der Waals surface area (Å²) in [7, 11) is 0. The van der Waals surface area contributed by atoms with Crippen LogP contribution >= 0.6 is 11.6 Å². The number of rotatable bonds is 4. The highest BCUT2D eigenvalue weighted by Crippen LogP contribution is 2.32. The predicted molar refractivity (Wildman–Crippen MR) is 78.1 cm³/mol. The van der Waals surface area contributed by atoms with Crippen LogP contribution in [0.25, 0.3) is 0 Å². The second-order valence-electron chi connectivity index (χ2n) is 4.98. The average Bonchev–Trinajstić information content (AvgIpc) is 2.38. The molecule has 1 N–H and O–H groups in total. The molecule has 1 aliphatic rings. The molecule has 3 heteroatoms. The maximum Gasteiger partial charge on any atom is 0.0453 e. The monoisotopic (exact) mass is 264 g/mol. The minimum absolute atomic E-state index is 0.360. The van der Waals surface area contributed by atoms with Gasteiger partial charge in [0, 0.05) is 37.2 Å². The first-order valence-electron chi connectivity index (χ1n) is 6.52. The molecular formula is C15H21ClN2. The molecule has 0 saturated carbocycles. The van der Waals surface area contributed by atoms with Crippen LogP contribution in [0.5, 0.6) is 0 Å². The zero-order valence-electron chi connectivity index (χ0n) is 11.0. The van der Waals surface area contributed by atoms with Crippen LogP contribution in [-0.2, 0) is 0 Å². The lowest BCUT2D eigenvalue weighted by molar-refractivity contribution is 0.172. The summed E-state index contributed by atoms with van der Waals surface area (Å²) in [6, 6.07) is 8.52. The number of hydrogen-bond donors (Lipinski definition) is 1. The first-order chi connectivity index (χ1) is 8.68. The highest BCUT2D eigenvalue weighted by Gasteiger charge is 2.23. The van der Waals surface area contributed by atoms with Crippen LogP contribution in [0.4, 0.5) is 0 Å². The normalized spacial score (nSPS) is 18.6. The largest absolute Gasteiger partial charge is 0.314 e. The van der Waals surface area contributed by atoms with Gasteiger partial charge in [0.25, 0.3) is 0 Å². The summed E-state index contributed by atoms with van der Waals surface area (Å²) in [6.07, 6.45) is 0.976. The van der Waals surface area contributed by atoms with Crippen molar-refractivity contribution in [2.45, 2.75) is 19.4 Å². The van der Waals surface area contributed by atoms with Crippen molar-refractivity contribution in [3.05, 3.63) is 47.0 Å². The van der Waals surface area contributed by atoms with E-state index < -0.39 is 0 Å². The first kappa shape index (κ1) is 13.6. The van der Waals surface area contributed by atoms with Crippen molar-refractivity contribution in [2.75, 3.05) is 26.2 Å². The fourth-order valence-corrected chi connectivity index (χ4v) is 2.77. The van der Waals surface area contributed by atoms with Crippen LogP contribution in [0.15, 0.2) is 36.4 Å². The highest BCUT2D eigenvalue weighted by molar-refractivity contribution is 6.31. The van der Waals surface area contributed by atoms with Crippen molar-refractivity contribution < 1.29 is 0 Å². The van der Waals surface area contributed by atoms with Gasteiger partial charge in [0.15, 0.2) is 0 Å². The Morgan fingerprint density at radius 3 is 2.67 bits per heavy atom. The van der Waals surface area contributed by atoms with Gasteiger partial charge in [0.05, 0.1) is 0 Å². The van der Waals surface area contributed by atoms with Gasteiger partial charge in [0.2, 0.25) is 0 Å². The zero-order valence-corrected chi connectivity index (χ0v) is 11.7. The van der Waals surface area contributed by atoms with E-state index in [0.717, 1.165) is 37.6 Å². The van der Waals surface area contributed by atoms with Gasteiger partial charge in [-0.3, -0.25) is 4.90 Å². The topological polar surface area (TPSA) is 15.3 Å². The second-order valence-corrected chi connectivity index (χ2v) is 5.39. The van der Waals surface area contributed by atoms with Crippen molar-refractivity contribution in [3.8, 4) is 0 Å². The van der Waals surface area contributed by atoms with Crippen LogP contribution in [0.3, 0.4) is 0 Å². The molecule has 18 heavy (non-hydrogen) atoms. The van der Waals surface area contributed by atoms with E-state index in [9.17, 15) is 0 Å². The standard InChI is InChI=1S/C15H21ClN2/c1-12(2)11-15(18-9-7-17-8-10-18)13-5-3-4-6-14(13)16/h3-6,15,17H,1,7-11H2,2H3/t15-/m1/s1. The van der Waals surface area contributed by atoms with Gasteiger partial charge in [-0.15, -0.1) is 6.58 Å². The average molecular weight is 265 g/mol. The molecule has 2 nitrogen and oxygen atoms in total. The molecule has 1 aliphatic heterocycles. The van der Waals surface area contributed by atoms with E-state index in [4.69, 9.17) is 11.6 Å². The molecule has 1 aromatic rings. The second kappa shape index (κ2) is 6.37. The van der Waals surface area contributed by atoms with Gasteiger partial charge >= 0.3 is 0 Å². The SMILES string of the molecule is C=C(C)C[C@H](c1ccccc1Cl)N1CCNCC1. The molecule has 0 amide bonds. The van der Waals surface area contributed by atoms with Crippen molar-refractivity contribution in [1.29, 1.82) is 0 Å². The Balaban J connectivity index is 2.24. The fourth-order valence-electron chi connectivity index (χ4n) is 2.50. The lowest BCUT2D eigenvalue weighted by Gasteiger charge is -2.35. The van der Waals surface area contributed by atoms with Crippen molar-refractivity contribution in [3.63, 3.8) is 0 Å². The van der Waals surface area contributed by atoms with Crippen LogP contribution < -0.4 is 5.32 Å². The predicted octanol–water partition coefficient (Wildman–Crippen LogP) is 3.25. The van der Waals surface area contributed by atoms with E-state index in [2.05, 4.69) is 35.9 Å². The maximum absolute atomic E-state index is 6.35. The molecule has 0 aromatic heterocycles. The van der Waals surface area contributed by atoms with E-state index >= 15 is 0 Å². The molecule has 1 fully saturated rings.